The zero-order valence-electron chi connectivity index (χ0n) is 14.2. The average molecular weight is 308 g/mol. The molecule has 0 aromatic heterocycles. The highest BCUT2D eigenvalue weighted by Crippen LogP contribution is 2.49. The smallest absolute Gasteiger partial charge is 0.159 e. The van der Waals surface area contributed by atoms with Crippen LogP contribution in [0.1, 0.15) is 50.7 Å². The van der Waals surface area contributed by atoms with Crippen LogP contribution >= 0.6 is 0 Å². The molecule has 3 aliphatic rings. The molecule has 120 valence electrons. The van der Waals surface area contributed by atoms with Crippen molar-refractivity contribution in [2.24, 2.45) is 11.3 Å². The van der Waals surface area contributed by atoms with E-state index >= 15 is 0 Å². The van der Waals surface area contributed by atoms with E-state index in [2.05, 4.69) is 45.0 Å². The van der Waals surface area contributed by atoms with Crippen LogP contribution in [0.15, 0.2) is 41.0 Å². The van der Waals surface area contributed by atoms with Crippen molar-refractivity contribution in [1.29, 1.82) is 0 Å². The molecule has 0 saturated heterocycles. The highest BCUT2D eigenvalue weighted by Gasteiger charge is 2.40. The minimum atomic E-state index is 0.104. The fraction of sp³-hybridized carbons (Fsp3) is 0.476. The minimum Gasteiger partial charge on any atom is -0.492 e. The summed E-state index contributed by atoms with van der Waals surface area (Å²) < 4.78 is 6.06. The monoisotopic (exact) mass is 308 g/mol. The summed E-state index contributed by atoms with van der Waals surface area (Å²) in [6, 6.07) is 8.58. The van der Waals surface area contributed by atoms with Gasteiger partial charge >= 0.3 is 0 Å². The largest absolute Gasteiger partial charge is 0.492 e. The molecule has 0 radical (unpaired) electrons. The van der Waals surface area contributed by atoms with E-state index < -0.39 is 0 Å². The average Bonchev–Trinajstić information content (AvgIpc) is 2.88. The number of fused-ring (bicyclic) bond motifs is 1. The molecule has 1 unspecified atom stereocenters. The Bertz CT molecular complexity index is 732. The molecule has 1 aromatic carbocycles. The van der Waals surface area contributed by atoms with Gasteiger partial charge in [0.25, 0.3) is 0 Å². The number of rotatable bonds is 1. The quantitative estimate of drug-likeness (QED) is 0.742. The minimum absolute atomic E-state index is 0.104. The van der Waals surface area contributed by atoms with Gasteiger partial charge in [0, 0.05) is 17.9 Å². The topological polar surface area (TPSA) is 26.3 Å². The first-order chi connectivity index (χ1) is 10.9. The van der Waals surface area contributed by atoms with Crippen LogP contribution in [0.5, 0.6) is 0 Å². The van der Waals surface area contributed by atoms with Gasteiger partial charge in [-0.05, 0) is 42.7 Å². The van der Waals surface area contributed by atoms with Gasteiger partial charge in [0.2, 0.25) is 0 Å². The number of allylic oxidation sites excluding steroid dienone is 2. The van der Waals surface area contributed by atoms with E-state index in [-0.39, 0.29) is 5.41 Å². The van der Waals surface area contributed by atoms with Crippen molar-refractivity contribution < 1.29 is 9.53 Å². The number of aryl methyl sites for hydroxylation is 1. The van der Waals surface area contributed by atoms with Crippen molar-refractivity contribution in [2.75, 3.05) is 6.61 Å². The highest BCUT2D eigenvalue weighted by atomic mass is 16.5. The summed E-state index contributed by atoms with van der Waals surface area (Å²) in [5.74, 6) is 1.84. The first-order valence-corrected chi connectivity index (χ1v) is 8.60. The number of benzene rings is 1. The molecule has 2 aliphatic carbocycles. The van der Waals surface area contributed by atoms with E-state index in [9.17, 15) is 4.79 Å². The fourth-order valence-corrected chi connectivity index (χ4v) is 4.33. The molecule has 1 heterocycles. The molecule has 2 nitrogen and oxygen atoms in total. The molecule has 23 heavy (non-hydrogen) atoms. The zero-order valence-corrected chi connectivity index (χ0v) is 14.2. The molecule has 0 amide bonds. The van der Waals surface area contributed by atoms with Crippen LogP contribution in [0.25, 0.3) is 5.76 Å². The molecule has 2 heteroatoms. The number of carbonyl (C=O) groups excluding carboxylic acids is 1. The van der Waals surface area contributed by atoms with E-state index in [4.69, 9.17) is 4.74 Å². The van der Waals surface area contributed by atoms with Crippen molar-refractivity contribution in [3.63, 3.8) is 0 Å². The van der Waals surface area contributed by atoms with E-state index in [1.165, 1.54) is 22.3 Å². The summed E-state index contributed by atoms with van der Waals surface area (Å²) in [5.41, 5.74) is 6.45. The molecule has 4 rings (SSSR count). The molecule has 1 aromatic rings. The Balaban J connectivity index is 1.72. The van der Waals surface area contributed by atoms with Crippen LogP contribution in [0, 0.1) is 18.3 Å². The van der Waals surface area contributed by atoms with Crippen LogP contribution in [-0.2, 0) is 9.53 Å². The molecule has 1 aliphatic heterocycles. The van der Waals surface area contributed by atoms with E-state index in [1.807, 2.05) is 0 Å². The molecule has 0 bridgehead atoms. The lowest BCUT2D eigenvalue weighted by molar-refractivity contribution is -0.118. The second-order valence-electron chi connectivity index (χ2n) is 8.13. The third kappa shape index (κ3) is 2.54. The van der Waals surface area contributed by atoms with E-state index in [0.29, 0.717) is 18.1 Å². The lowest BCUT2D eigenvalue weighted by atomic mass is 9.67. The van der Waals surface area contributed by atoms with Gasteiger partial charge in [-0.3, -0.25) is 4.79 Å². The number of carbonyl (C=O) groups is 1. The summed E-state index contributed by atoms with van der Waals surface area (Å²) in [7, 11) is 0. The third-order valence-corrected chi connectivity index (χ3v) is 5.48. The standard InChI is InChI=1S/C21H24O2/c1-13-4-6-14(7-5-13)20-18-8-15-10-21(2,3)11-19(22)17(15)9-16(18)12-23-20/h4-7,16H,8-12H2,1-3H3. The SMILES string of the molecule is Cc1ccc(C2=C3CC4=C(CC3CO2)C(=O)CC(C)(C)C4)cc1. The Kier molecular flexibility index (Phi) is 3.26. The molecular formula is C21H24O2. The van der Waals surface area contributed by atoms with Gasteiger partial charge in [-0.2, -0.15) is 0 Å². The first-order valence-electron chi connectivity index (χ1n) is 8.60. The number of hydrogen-bond acceptors (Lipinski definition) is 2. The van der Waals surface area contributed by atoms with Gasteiger partial charge in [-0.25, -0.2) is 0 Å². The number of ketones is 1. The number of hydrogen-bond donors (Lipinski definition) is 0. The normalized spacial score (nSPS) is 26.0. The third-order valence-electron chi connectivity index (χ3n) is 5.48. The molecule has 0 saturated carbocycles. The summed E-state index contributed by atoms with van der Waals surface area (Å²) in [6.07, 6.45) is 3.56. The fourth-order valence-electron chi connectivity index (χ4n) is 4.33. The Hall–Kier alpha value is -1.83. The predicted octanol–water partition coefficient (Wildman–Crippen LogP) is 4.83. The van der Waals surface area contributed by atoms with Gasteiger partial charge in [0.15, 0.2) is 5.78 Å². The maximum atomic E-state index is 12.5. The lowest BCUT2D eigenvalue weighted by Gasteiger charge is -2.36. The summed E-state index contributed by atoms with van der Waals surface area (Å²) in [6.45, 7) is 7.25. The number of Topliss-reactive ketones (excluding diaryl/α,β-unsaturated/α-hetero) is 1. The lowest BCUT2D eigenvalue weighted by Crippen LogP contribution is -2.30. The predicted molar refractivity (Wildman–Crippen MR) is 91.8 cm³/mol. The van der Waals surface area contributed by atoms with Gasteiger partial charge in [0.1, 0.15) is 5.76 Å². The Morgan fingerprint density at radius 2 is 1.87 bits per heavy atom. The highest BCUT2D eigenvalue weighted by molar-refractivity contribution is 5.98. The van der Waals surface area contributed by atoms with Crippen molar-refractivity contribution in [3.8, 4) is 0 Å². The maximum Gasteiger partial charge on any atom is 0.159 e. The summed E-state index contributed by atoms with van der Waals surface area (Å²) in [5, 5.41) is 0. The van der Waals surface area contributed by atoms with Crippen LogP contribution in [0.4, 0.5) is 0 Å². The van der Waals surface area contributed by atoms with E-state index in [1.54, 1.807) is 0 Å². The first kappa shape index (κ1) is 14.7. The molecule has 1 atom stereocenters. The zero-order chi connectivity index (χ0) is 16.2. The molecular weight excluding hydrogens is 284 g/mol. The van der Waals surface area contributed by atoms with Crippen molar-refractivity contribution in [2.45, 2.75) is 46.5 Å². The van der Waals surface area contributed by atoms with Crippen LogP contribution < -0.4 is 0 Å². The van der Waals surface area contributed by atoms with Gasteiger partial charge < -0.3 is 4.74 Å². The molecule has 0 spiro atoms. The maximum absolute atomic E-state index is 12.5. The second-order valence-corrected chi connectivity index (χ2v) is 8.13. The summed E-state index contributed by atoms with van der Waals surface area (Å²) >= 11 is 0. The Labute approximate surface area is 138 Å². The van der Waals surface area contributed by atoms with Gasteiger partial charge in [-0.1, -0.05) is 49.2 Å². The molecule has 0 fully saturated rings. The van der Waals surface area contributed by atoms with Crippen molar-refractivity contribution in [1.82, 2.24) is 0 Å². The van der Waals surface area contributed by atoms with Crippen LogP contribution in [0.2, 0.25) is 0 Å². The van der Waals surface area contributed by atoms with E-state index in [0.717, 1.165) is 37.2 Å². The van der Waals surface area contributed by atoms with Crippen molar-refractivity contribution >= 4 is 11.5 Å². The Morgan fingerprint density at radius 3 is 2.61 bits per heavy atom. The summed E-state index contributed by atoms with van der Waals surface area (Å²) in [4.78, 5) is 12.5. The second kappa shape index (κ2) is 5.09. The van der Waals surface area contributed by atoms with Gasteiger partial charge in [-0.15, -0.1) is 0 Å². The molecule has 0 N–H and O–H groups in total. The van der Waals surface area contributed by atoms with Crippen molar-refractivity contribution in [3.05, 3.63) is 52.1 Å². The van der Waals surface area contributed by atoms with Crippen LogP contribution in [0.3, 0.4) is 0 Å². The Morgan fingerprint density at radius 1 is 1.13 bits per heavy atom. The number of ether oxygens (including phenoxy) is 1. The van der Waals surface area contributed by atoms with Crippen LogP contribution in [-0.4, -0.2) is 12.4 Å². The van der Waals surface area contributed by atoms with Gasteiger partial charge in [0.05, 0.1) is 6.61 Å².